The van der Waals surface area contributed by atoms with Gasteiger partial charge in [0.05, 0.1) is 36.0 Å². The highest BCUT2D eigenvalue weighted by molar-refractivity contribution is 5.61. The number of ether oxygens (including phenoxy) is 1. The van der Waals surface area contributed by atoms with Crippen LogP contribution in [0.1, 0.15) is 18.5 Å². The van der Waals surface area contributed by atoms with Crippen molar-refractivity contribution in [2.75, 3.05) is 12.4 Å². The van der Waals surface area contributed by atoms with E-state index in [4.69, 9.17) is 4.74 Å². The predicted octanol–water partition coefficient (Wildman–Crippen LogP) is 3.31. The first-order valence-electron chi connectivity index (χ1n) is 6.20. The molecular formula is C14H14FN3O3. The standard InChI is InChI=1S/C14H14FN3O3/c1-9(10-5-11(15)8-16-7-10)17-13-4-3-12(18(19)20)6-14(13)21-2/h3-9,17H,1-2H3. The molecule has 7 heteroatoms. The molecule has 1 unspecified atom stereocenters. The van der Waals surface area contributed by atoms with Gasteiger partial charge >= 0.3 is 0 Å². The number of nitro groups is 1. The third-order valence-electron chi connectivity index (χ3n) is 2.99. The quantitative estimate of drug-likeness (QED) is 0.675. The van der Waals surface area contributed by atoms with Gasteiger partial charge in [0, 0.05) is 12.3 Å². The molecule has 0 saturated heterocycles. The third kappa shape index (κ3) is 3.44. The minimum absolute atomic E-state index is 0.0579. The number of pyridine rings is 1. The molecule has 1 atom stereocenters. The van der Waals surface area contributed by atoms with Crippen molar-refractivity contribution in [3.8, 4) is 5.75 Å². The fourth-order valence-corrected chi connectivity index (χ4v) is 1.89. The van der Waals surface area contributed by atoms with E-state index >= 15 is 0 Å². The number of hydrogen-bond donors (Lipinski definition) is 1. The number of benzene rings is 1. The van der Waals surface area contributed by atoms with Gasteiger partial charge in [0.15, 0.2) is 0 Å². The van der Waals surface area contributed by atoms with Gasteiger partial charge in [-0.2, -0.15) is 0 Å². The van der Waals surface area contributed by atoms with Crippen LogP contribution in [0.25, 0.3) is 0 Å². The second kappa shape index (κ2) is 6.17. The summed E-state index contributed by atoms with van der Waals surface area (Å²) in [6.07, 6.45) is 2.68. The topological polar surface area (TPSA) is 77.3 Å². The van der Waals surface area contributed by atoms with E-state index in [1.165, 1.54) is 25.3 Å². The summed E-state index contributed by atoms with van der Waals surface area (Å²) in [6, 6.07) is 5.41. The van der Waals surface area contributed by atoms with Gasteiger partial charge in [-0.05, 0) is 24.6 Å². The van der Waals surface area contributed by atoms with E-state index in [0.717, 1.165) is 6.20 Å². The van der Waals surface area contributed by atoms with Crippen LogP contribution in [-0.4, -0.2) is 17.0 Å². The largest absolute Gasteiger partial charge is 0.494 e. The molecular weight excluding hydrogens is 277 g/mol. The first-order valence-corrected chi connectivity index (χ1v) is 6.20. The molecule has 0 fully saturated rings. The molecule has 0 aliphatic carbocycles. The molecule has 1 aromatic heterocycles. The zero-order chi connectivity index (χ0) is 15.4. The van der Waals surface area contributed by atoms with Crippen LogP contribution in [-0.2, 0) is 0 Å². The Bertz CT molecular complexity index is 664. The lowest BCUT2D eigenvalue weighted by atomic mass is 10.1. The van der Waals surface area contributed by atoms with Gasteiger partial charge in [0.25, 0.3) is 5.69 Å². The lowest BCUT2D eigenvalue weighted by Gasteiger charge is -2.17. The van der Waals surface area contributed by atoms with Crippen molar-refractivity contribution < 1.29 is 14.1 Å². The minimum atomic E-state index is -0.494. The molecule has 0 bridgehead atoms. The number of halogens is 1. The third-order valence-corrected chi connectivity index (χ3v) is 2.99. The van der Waals surface area contributed by atoms with E-state index in [1.54, 1.807) is 12.3 Å². The van der Waals surface area contributed by atoms with Gasteiger partial charge < -0.3 is 10.1 Å². The molecule has 0 aliphatic rings. The molecule has 110 valence electrons. The number of anilines is 1. The van der Waals surface area contributed by atoms with Gasteiger partial charge in [-0.15, -0.1) is 0 Å². The van der Waals surface area contributed by atoms with E-state index < -0.39 is 10.7 Å². The fraction of sp³-hybridized carbons (Fsp3) is 0.214. The molecule has 2 aromatic rings. The number of nitrogens with one attached hydrogen (secondary N) is 1. The first-order chi connectivity index (χ1) is 10.0. The zero-order valence-corrected chi connectivity index (χ0v) is 11.5. The Labute approximate surface area is 120 Å². The maximum Gasteiger partial charge on any atom is 0.273 e. The van der Waals surface area contributed by atoms with Crippen LogP contribution >= 0.6 is 0 Å². The van der Waals surface area contributed by atoms with Crippen molar-refractivity contribution in [1.29, 1.82) is 0 Å². The van der Waals surface area contributed by atoms with Crippen LogP contribution in [0.15, 0.2) is 36.7 Å². The number of hydrogen-bond acceptors (Lipinski definition) is 5. The van der Waals surface area contributed by atoms with Crippen LogP contribution in [0, 0.1) is 15.9 Å². The normalized spacial score (nSPS) is 11.8. The highest BCUT2D eigenvalue weighted by Gasteiger charge is 2.14. The van der Waals surface area contributed by atoms with Crippen LogP contribution in [0.5, 0.6) is 5.75 Å². The zero-order valence-electron chi connectivity index (χ0n) is 11.5. The van der Waals surface area contributed by atoms with Crippen molar-refractivity contribution in [3.05, 3.63) is 58.2 Å². The highest BCUT2D eigenvalue weighted by atomic mass is 19.1. The summed E-state index contributed by atoms with van der Waals surface area (Å²) in [7, 11) is 1.43. The summed E-state index contributed by atoms with van der Waals surface area (Å²) in [6.45, 7) is 1.83. The Morgan fingerprint density at radius 1 is 1.38 bits per heavy atom. The maximum absolute atomic E-state index is 13.2. The Balaban J connectivity index is 2.24. The van der Waals surface area contributed by atoms with E-state index in [9.17, 15) is 14.5 Å². The van der Waals surface area contributed by atoms with E-state index in [2.05, 4.69) is 10.3 Å². The van der Waals surface area contributed by atoms with Crippen LogP contribution in [0.2, 0.25) is 0 Å². The molecule has 0 amide bonds. The van der Waals surface area contributed by atoms with E-state index in [-0.39, 0.29) is 11.7 Å². The lowest BCUT2D eigenvalue weighted by molar-refractivity contribution is -0.384. The van der Waals surface area contributed by atoms with Crippen LogP contribution in [0.3, 0.4) is 0 Å². The van der Waals surface area contributed by atoms with Crippen LogP contribution in [0.4, 0.5) is 15.8 Å². The number of rotatable bonds is 5. The SMILES string of the molecule is COc1cc([N+](=O)[O-])ccc1NC(C)c1cncc(F)c1. The summed E-state index contributed by atoms with van der Waals surface area (Å²) in [5.74, 6) is -0.0720. The molecule has 21 heavy (non-hydrogen) atoms. The van der Waals surface area contributed by atoms with Gasteiger partial charge in [-0.3, -0.25) is 15.1 Å². The number of nitrogens with zero attached hydrogens (tertiary/aromatic N) is 2. The molecule has 1 heterocycles. The molecule has 2 rings (SSSR count). The van der Waals surface area contributed by atoms with Gasteiger partial charge in [-0.1, -0.05) is 0 Å². The fourth-order valence-electron chi connectivity index (χ4n) is 1.89. The molecule has 0 aliphatic heterocycles. The average molecular weight is 291 g/mol. The van der Waals surface area contributed by atoms with Gasteiger partial charge in [-0.25, -0.2) is 4.39 Å². The molecule has 6 nitrogen and oxygen atoms in total. The van der Waals surface area contributed by atoms with E-state index in [0.29, 0.717) is 17.0 Å². The molecule has 1 aromatic carbocycles. The average Bonchev–Trinajstić information content (AvgIpc) is 2.47. The number of aromatic nitrogens is 1. The summed E-state index contributed by atoms with van der Waals surface area (Å²) in [4.78, 5) is 14.0. The summed E-state index contributed by atoms with van der Waals surface area (Å²) < 4.78 is 18.3. The van der Waals surface area contributed by atoms with Crippen molar-refractivity contribution in [1.82, 2.24) is 4.98 Å². The first kappa shape index (κ1) is 14.7. The second-order valence-corrected chi connectivity index (χ2v) is 4.44. The summed E-state index contributed by atoms with van der Waals surface area (Å²) in [5, 5.41) is 13.9. The van der Waals surface area contributed by atoms with Crippen molar-refractivity contribution in [2.45, 2.75) is 13.0 Å². The molecule has 0 saturated carbocycles. The number of non-ortho nitro benzene ring substituents is 1. The summed E-state index contributed by atoms with van der Waals surface area (Å²) in [5.41, 5.74) is 1.19. The van der Waals surface area contributed by atoms with Crippen molar-refractivity contribution in [2.24, 2.45) is 0 Å². The maximum atomic E-state index is 13.2. The van der Waals surface area contributed by atoms with Crippen LogP contribution < -0.4 is 10.1 Å². The Morgan fingerprint density at radius 3 is 2.76 bits per heavy atom. The minimum Gasteiger partial charge on any atom is -0.494 e. The monoisotopic (exact) mass is 291 g/mol. The number of nitro benzene ring substituents is 1. The molecule has 1 N–H and O–H groups in total. The molecule has 0 radical (unpaired) electrons. The summed E-state index contributed by atoms with van der Waals surface area (Å²) >= 11 is 0. The second-order valence-electron chi connectivity index (χ2n) is 4.44. The van der Waals surface area contributed by atoms with Gasteiger partial charge in [0.2, 0.25) is 0 Å². The Hall–Kier alpha value is -2.70. The molecule has 0 spiro atoms. The Kier molecular flexibility index (Phi) is 4.32. The van der Waals surface area contributed by atoms with Gasteiger partial charge in [0.1, 0.15) is 11.6 Å². The van der Waals surface area contributed by atoms with Crippen molar-refractivity contribution >= 4 is 11.4 Å². The highest BCUT2D eigenvalue weighted by Crippen LogP contribution is 2.31. The number of methoxy groups -OCH3 is 1. The Morgan fingerprint density at radius 2 is 2.14 bits per heavy atom. The smallest absolute Gasteiger partial charge is 0.273 e. The predicted molar refractivity (Wildman–Crippen MR) is 75.9 cm³/mol. The van der Waals surface area contributed by atoms with E-state index in [1.807, 2.05) is 6.92 Å². The lowest BCUT2D eigenvalue weighted by Crippen LogP contribution is -2.08. The van der Waals surface area contributed by atoms with Crippen molar-refractivity contribution in [3.63, 3.8) is 0 Å².